The number of hydrogen-bond acceptors (Lipinski definition) is 10. The maximum absolute atomic E-state index is 12.3. The van der Waals surface area contributed by atoms with Gasteiger partial charge in [0, 0.05) is 31.3 Å². The zero-order valence-corrected chi connectivity index (χ0v) is 30.5. The molecule has 0 aromatic carbocycles. The summed E-state index contributed by atoms with van der Waals surface area (Å²) in [5.41, 5.74) is 0. The number of rotatable bonds is 32. The number of carbonyl (C=O) groups excluding carboxylic acids is 4. The Hall–Kier alpha value is -2.20. The third-order valence-corrected chi connectivity index (χ3v) is 9.51. The molecule has 0 bridgehead atoms. The fourth-order valence-electron chi connectivity index (χ4n) is 6.02. The van der Waals surface area contributed by atoms with Gasteiger partial charge in [-0.1, -0.05) is 71.6 Å². The van der Waals surface area contributed by atoms with E-state index in [-0.39, 0.29) is 48.9 Å². The van der Waals surface area contributed by atoms with Crippen molar-refractivity contribution in [2.45, 2.75) is 149 Å². The number of unbranched alkanes of at least 4 members (excludes halogenated alkanes) is 9. The smallest absolute Gasteiger partial charge is 0.308 e. The van der Waals surface area contributed by atoms with E-state index in [1.54, 1.807) is 0 Å². The number of hydrogen-bond donors (Lipinski definition) is 1. The van der Waals surface area contributed by atoms with Gasteiger partial charge in [0.05, 0.1) is 32.3 Å². The standard InChI is InChI=1S/C38H69NO9/c1-3-33(28-45-32-41)29-46-36(42)22-14-7-5-9-16-24-39(26-18-19-27-40)25-17-10-6-8-15-23-37(43)47-30-34(4-2)31-48-38(44)35-20-12-11-13-21-35/h32-35,40H,3-31H2,1-2H3. The number of aliphatic hydroxyl groups excluding tert-OH is 1. The maximum Gasteiger partial charge on any atom is 0.308 e. The minimum absolute atomic E-state index is 0.0454. The SMILES string of the molecule is CCC(COC=O)COC(=O)CCCCCCCN(CCCCO)CCCCCCCC(=O)OCC(CC)COC(=O)C1CCCCC1. The number of esters is 3. The van der Waals surface area contributed by atoms with Crippen LogP contribution >= 0.6 is 0 Å². The van der Waals surface area contributed by atoms with Crippen LogP contribution in [0.25, 0.3) is 0 Å². The Morgan fingerprint density at radius 2 is 1.10 bits per heavy atom. The van der Waals surface area contributed by atoms with E-state index in [1.807, 2.05) is 13.8 Å². The second kappa shape index (κ2) is 30.8. The van der Waals surface area contributed by atoms with Gasteiger partial charge < -0.3 is 29.0 Å². The van der Waals surface area contributed by atoms with Gasteiger partial charge in [0.25, 0.3) is 6.47 Å². The summed E-state index contributed by atoms with van der Waals surface area (Å²) >= 11 is 0. The summed E-state index contributed by atoms with van der Waals surface area (Å²) in [6.07, 6.45) is 20.0. The highest BCUT2D eigenvalue weighted by Crippen LogP contribution is 2.25. The molecular formula is C38H69NO9. The summed E-state index contributed by atoms with van der Waals surface area (Å²) in [7, 11) is 0. The minimum Gasteiger partial charge on any atom is -0.467 e. The second-order valence-electron chi connectivity index (χ2n) is 13.6. The van der Waals surface area contributed by atoms with Crippen molar-refractivity contribution in [3.8, 4) is 0 Å². The Labute approximate surface area is 291 Å². The topological polar surface area (TPSA) is 129 Å². The maximum atomic E-state index is 12.3. The highest BCUT2D eigenvalue weighted by Gasteiger charge is 2.23. The molecule has 10 nitrogen and oxygen atoms in total. The summed E-state index contributed by atoms with van der Waals surface area (Å²) in [5, 5.41) is 9.20. The first kappa shape index (κ1) is 43.8. The largest absolute Gasteiger partial charge is 0.467 e. The molecule has 1 N–H and O–H groups in total. The fraction of sp³-hybridized carbons (Fsp3) is 0.895. The summed E-state index contributed by atoms with van der Waals surface area (Å²) in [4.78, 5) is 49.4. The van der Waals surface area contributed by atoms with Gasteiger partial charge in [-0.25, -0.2) is 0 Å². The number of ether oxygens (including phenoxy) is 4. The lowest BCUT2D eigenvalue weighted by atomic mass is 9.89. The number of nitrogens with zero attached hydrogens (tertiary/aromatic N) is 1. The molecule has 0 aromatic rings. The molecule has 0 radical (unpaired) electrons. The Balaban J connectivity index is 2.10. The van der Waals surface area contributed by atoms with E-state index in [2.05, 4.69) is 4.90 Å². The van der Waals surface area contributed by atoms with Gasteiger partial charge in [-0.15, -0.1) is 0 Å². The van der Waals surface area contributed by atoms with Crippen molar-refractivity contribution < 1.29 is 43.2 Å². The molecule has 0 amide bonds. The molecule has 0 aromatic heterocycles. The second-order valence-corrected chi connectivity index (χ2v) is 13.6. The van der Waals surface area contributed by atoms with Crippen molar-refractivity contribution in [1.29, 1.82) is 0 Å². The van der Waals surface area contributed by atoms with Crippen molar-refractivity contribution in [1.82, 2.24) is 4.90 Å². The third kappa shape index (κ3) is 24.0. The van der Waals surface area contributed by atoms with E-state index in [0.717, 1.165) is 135 Å². The fourth-order valence-corrected chi connectivity index (χ4v) is 6.02. The number of aliphatic hydroxyl groups is 1. The van der Waals surface area contributed by atoms with Crippen molar-refractivity contribution in [2.75, 3.05) is 52.7 Å². The summed E-state index contributed by atoms with van der Waals surface area (Å²) in [6.45, 7) is 9.02. The van der Waals surface area contributed by atoms with Crippen LogP contribution in [-0.2, 0) is 38.1 Å². The molecule has 2 unspecified atom stereocenters. The molecule has 0 saturated heterocycles. The van der Waals surface area contributed by atoms with Crippen LogP contribution in [0.1, 0.15) is 149 Å². The van der Waals surface area contributed by atoms with Crippen LogP contribution in [0.2, 0.25) is 0 Å². The van der Waals surface area contributed by atoms with E-state index in [4.69, 9.17) is 18.9 Å². The van der Waals surface area contributed by atoms with Crippen LogP contribution < -0.4 is 0 Å². The van der Waals surface area contributed by atoms with E-state index in [0.29, 0.717) is 39.1 Å². The van der Waals surface area contributed by atoms with E-state index < -0.39 is 0 Å². The number of carbonyl (C=O) groups is 4. The van der Waals surface area contributed by atoms with Crippen molar-refractivity contribution in [3.05, 3.63) is 0 Å². The van der Waals surface area contributed by atoms with Gasteiger partial charge in [-0.2, -0.15) is 0 Å². The first-order chi connectivity index (χ1) is 23.4. The van der Waals surface area contributed by atoms with E-state index in [1.165, 1.54) is 6.42 Å². The molecule has 10 heteroatoms. The van der Waals surface area contributed by atoms with Crippen LogP contribution in [0, 0.1) is 17.8 Å². The molecule has 1 rings (SSSR count). The van der Waals surface area contributed by atoms with Crippen molar-refractivity contribution >= 4 is 24.4 Å². The average Bonchev–Trinajstić information content (AvgIpc) is 3.10. The first-order valence-electron chi connectivity index (χ1n) is 19.3. The minimum atomic E-state index is -0.180. The predicted molar refractivity (Wildman–Crippen MR) is 187 cm³/mol. The van der Waals surface area contributed by atoms with E-state index >= 15 is 0 Å². The zero-order valence-electron chi connectivity index (χ0n) is 30.5. The molecule has 1 aliphatic carbocycles. The monoisotopic (exact) mass is 683 g/mol. The van der Waals surface area contributed by atoms with Gasteiger partial charge in [0.1, 0.15) is 0 Å². The molecule has 1 saturated carbocycles. The van der Waals surface area contributed by atoms with E-state index in [9.17, 15) is 24.3 Å². The Morgan fingerprint density at radius 1 is 0.646 bits per heavy atom. The Kier molecular flexibility index (Phi) is 28.1. The van der Waals surface area contributed by atoms with Crippen LogP contribution in [0.4, 0.5) is 0 Å². The van der Waals surface area contributed by atoms with Gasteiger partial charge in [0.15, 0.2) is 0 Å². The van der Waals surface area contributed by atoms with Gasteiger partial charge in [0.2, 0.25) is 0 Å². The highest BCUT2D eigenvalue weighted by atomic mass is 16.6. The van der Waals surface area contributed by atoms with Crippen LogP contribution in [-0.4, -0.2) is 87.1 Å². The molecule has 280 valence electrons. The lowest BCUT2D eigenvalue weighted by Gasteiger charge is -2.22. The Bertz CT molecular complexity index is 818. The van der Waals surface area contributed by atoms with Crippen LogP contribution in [0.3, 0.4) is 0 Å². The zero-order chi connectivity index (χ0) is 35.1. The van der Waals surface area contributed by atoms with Gasteiger partial charge >= 0.3 is 17.9 Å². The van der Waals surface area contributed by atoms with Gasteiger partial charge in [-0.3, -0.25) is 19.2 Å². The molecule has 0 spiro atoms. The third-order valence-electron chi connectivity index (χ3n) is 9.51. The van der Waals surface area contributed by atoms with Crippen LogP contribution in [0.15, 0.2) is 0 Å². The first-order valence-corrected chi connectivity index (χ1v) is 19.3. The van der Waals surface area contributed by atoms with Crippen LogP contribution in [0.5, 0.6) is 0 Å². The normalized spacial score (nSPS) is 14.8. The predicted octanol–water partition coefficient (Wildman–Crippen LogP) is 7.18. The van der Waals surface area contributed by atoms with Crippen molar-refractivity contribution in [3.63, 3.8) is 0 Å². The quantitative estimate of drug-likeness (QED) is 0.0337. The molecule has 2 atom stereocenters. The molecule has 48 heavy (non-hydrogen) atoms. The summed E-state index contributed by atoms with van der Waals surface area (Å²) in [6, 6.07) is 0. The average molecular weight is 684 g/mol. The lowest BCUT2D eigenvalue weighted by Crippen LogP contribution is -2.27. The summed E-state index contributed by atoms with van der Waals surface area (Å²) in [5.74, 6) is -0.274. The summed E-state index contributed by atoms with van der Waals surface area (Å²) < 4.78 is 21.2. The molecule has 1 fully saturated rings. The lowest BCUT2D eigenvalue weighted by molar-refractivity contribution is -0.153. The van der Waals surface area contributed by atoms with Crippen molar-refractivity contribution in [2.24, 2.45) is 17.8 Å². The molecule has 0 aliphatic heterocycles. The Morgan fingerprint density at radius 3 is 1.60 bits per heavy atom. The van der Waals surface area contributed by atoms with Gasteiger partial charge in [-0.05, 0) is 83.8 Å². The molecular weight excluding hydrogens is 614 g/mol. The molecule has 1 aliphatic rings. The molecule has 0 heterocycles. The highest BCUT2D eigenvalue weighted by molar-refractivity contribution is 5.72.